The number of hydrogen-bond acceptors (Lipinski definition) is 9. The van der Waals surface area contributed by atoms with Gasteiger partial charge in [0.2, 0.25) is 17.7 Å². The maximum absolute atomic E-state index is 14.8. The predicted octanol–water partition coefficient (Wildman–Crippen LogP) is 9.38. The first-order valence-corrected chi connectivity index (χ1v) is 23.6. The van der Waals surface area contributed by atoms with Crippen molar-refractivity contribution in [3.8, 4) is 0 Å². The fourth-order valence-corrected chi connectivity index (χ4v) is 12.1. The zero-order chi connectivity index (χ0) is 47.2. The summed E-state index contributed by atoms with van der Waals surface area (Å²) in [6.45, 7) is 21.1. The van der Waals surface area contributed by atoms with Crippen LogP contribution in [0.4, 0.5) is 16.2 Å². The van der Waals surface area contributed by atoms with Gasteiger partial charge in [0.25, 0.3) is 0 Å². The lowest BCUT2D eigenvalue weighted by Crippen LogP contribution is -2.60. The van der Waals surface area contributed by atoms with E-state index in [1.807, 2.05) is 52.8 Å². The minimum absolute atomic E-state index is 0.00724. The number of nitrogens with two attached hydrogens (primary N) is 1. The molecule has 4 aliphatic rings. The van der Waals surface area contributed by atoms with Gasteiger partial charge in [0, 0.05) is 30.1 Å². The number of carbonyl (C=O) groups is 6. The van der Waals surface area contributed by atoms with Gasteiger partial charge in [-0.3, -0.25) is 34.6 Å². The number of rotatable bonds is 11. The second-order valence-electron chi connectivity index (χ2n) is 22.5. The number of hydrogen-bond donors (Lipinski definition) is 4. The average Bonchev–Trinajstić information content (AvgIpc) is 3.18. The van der Waals surface area contributed by atoms with Crippen molar-refractivity contribution < 1.29 is 38.2 Å². The van der Waals surface area contributed by atoms with Gasteiger partial charge in [-0.15, -0.1) is 0 Å². The highest BCUT2D eigenvalue weighted by Gasteiger charge is 2.58. The second-order valence-corrected chi connectivity index (χ2v) is 22.5. The van der Waals surface area contributed by atoms with Crippen molar-refractivity contribution in [1.29, 1.82) is 0 Å². The molecule has 0 radical (unpaired) electrons. The van der Waals surface area contributed by atoms with E-state index in [2.05, 4.69) is 48.0 Å². The van der Waals surface area contributed by atoms with E-state index in [0.29, 0.717) is 24.2 Å². The van der Waals surface area contributed by atoms with Crippen LogP contribution >= 0.6 is 0 Å². The third-order valence-corrected chi connectivity index (χ3v) is 15.3. The molecule has 0 spiro atoms. The molecular weight excluding hydrogens is 809 g/mol. The van der Waals surface area contributed by atoms with Crippen molar-refractivity contribution >= 4 is 46.9 Å². The van der Waals surface area contributed by atoms with Gasteiger partial charge >= 0.3 is 12.1 Å². The molecule has 0 aromatic heterocycles. The molecule has 64 heavy (non-hydrogen) atoms. The van der Waals surface area contributed by atoms with Gasteiger partial charge in [-0.25, -0.2) is 4.79 Å². The van der Waals surface area contributed by atoms with Gasteiger partial charge in [0.1, 0.15) is 17.0 Å². The van der Waals surface area contributed by atoms with Crippen LogP contribution in [0, 0.1) is 28.6 Å². The SMILES string of the molecule is C[C@H](CC(=O)[C@@H](N)CCC(=O)OC(C)(C)C)C(=O)Nc1ccc2c(c1)[C@@]1(C)CCC[C@](C)(C(=O)NC(=O)[C@@]3(C)CCC[C@]4(C)c5cc(NC(=O)OC(C)(C)C)ccc5CC[C@@H]34)[C@@H]1CC2. The molecule has 2 saturated carbocycles. The number of fused-ring (bicyclic) bond motifs is 6. The fraction of sp³-hybridized carbons (Fsp3) is 0.654. The van der Waals surface area contributed by atoms with Crippen LogP contribution in [0.3, 0.4) is 0 Å². The Labute approximate surface area is 380 Å². The monoisotopic (exact) mass is 883 g/mol. The van der Waals surface area contributed by atoms with Gasteiger partial charge in [0.05, 0.1) is 16.9 Å². The molecule has 0 bridgehead atoms. The number of amides is 4. The molecular formula is C52H74N4O8. The number of imide groups is 1. The second kappa shape index (κ2) is 18.0. The molecule has 5 N–H and O–H groups in total. The third-order valence-electron chi connectivity index (χ3n) is 15.3. The van der Waals surface area contributed by atoms with Crippen molar-refractivity contribution in [2.45, 2.75) is 188 Å². The van der Waals surface area contributed by atoms with Gasteiger partial charge < -0.3 is 20.5 Å². The standard InChI is InChI=1S/C52H74N4O8/c1-31(28-39(57)38(53)20-23-42(58)63-47(2,3)4)43(59)54-34-18-14-32-16-21-40-49(8,36(32)29-34)24-12-26-51(40,10)44(60)56-45(61)52(11)27-13-25-50(9)37-30-35(55-46(62)64-48(5,6)7)19-15-33(37)17-22-41(50)52/h14-15,18-19,29-31,38,40-41H,12-13,16-17,20-28,53H2,1-11H3,(H,54,59)(H,55,62)(H,56,60,61)/t31-,38+,40-,41-,49-,50-,51+,52+/m1/s1. The Hall–Kier alpha value is -4.58. The highest BCUT2D eigenvalue weighted by atomic mass is 16.6. The van der Waals surface area contributed by atoms with E-state index in [9.17, 15) is 28.8 Å². The number of carbonyl (C=O) groups excluding carboxylic acids is 6. The summed E-state index contributed by atoms with van der Waals surface area (Å²) < 4.78 is 10.9. The molecule has 0 saturated heterocycles. The summed E-state index contributed by atoms with van der Waals surface area (Å²) in [7, 11) is 0. The van der Waals surface area contributed by atoms with Gasteiger partial charge in [-0.2, -0.15) is 0 Å². The van der Waals surface area contributed by atoms with Crippen LogP contribution in [-0.2, 0) is 57.1 Å². The highest BCUT2D eigenvalue weighted by Crippen LogP contribution is 2.60. The molecule has 4 aliphatic carbocycles. The van der Waals surface area contributed by atoms with E-state index < -0.39 is 46.1 Å². The molecule has 12 heteroatoms. The quantitative estimate of drug-likeness (QED) is 0.126. The van der Waals surface area contributed by atoms with E-state index in [1.165, 1.54) is 11.1 Å². The lowest BCUT2D eigenvalue weighted by Gasteiger charge is -2.56. The Morgan fingerprint density at radius 3 is 1.64 bits per heavy atom. The molecule has 0 aliphatic heterocycles. The van der Waals surface area contributed by atoms with Crippen molar-refractivity contribution in [2.75, 3.05) is 10.6 Å². The van der Waals surface area contributed by atoms with Crippen molar-refractivity contribution in [2.24, 2.45) is 34.3 Å². The van der Waals surface area contributed by atoms with E-state index in [4.69, 9.17) is 15.2 Å². The van der Waals surface area contributed by atoms with Gasteiger partial charge in [-0.1, -0.05) is 59.6 Å². The molecule has 0 heterocycles. The minimum Gasteiger partial charge on any atom is -0.460 e. The molecule has 6 rings (SSSR count). The number of Topliss-reactive ketones (excluding diaryl/α,β-unsaturated/α-hetero) is 1. The number of esters is 1. The summed E-state index contributed by atoms with van der Waals surface area (Å²) in [5.74, 6) is -2.12. The largest absolute Gasteiger partial charge is 0.460 e. The summed E-state index contributed by atoms with van der Waals surface area (Å²) in [6.07, 6.45) is 7.57. The number of ketones is 1. The first kappa shape index (κ1) is 48.9. The third kappa shape index (κ3) is 10.1. The number of anilines is 2. The lowest BCUT2D eigenvalue weighted by atomic mass is 9.49. The summed E-state index contributed by atoms with van der Waals surface area (Å²) in [6, 6.07) is 11.2. The first-order chi connectivity index (χ1) is 29.7. The smallest absolute Gasteiger partial charge is 0.412 e. The molecule has 0 unspecified atom stereocenters. The van der Waals surface area contributed by atoms with Crippen LogP contribution in [0.1, 0.15) is 169 Å². The van der Waals surface area contributed by atoms with E-state index in [-0.39, 0.29) is 65.4 Å². The lowest BCUT2D eigenvalue weighted by molar-refractivity contribution is -0.155. The van der Waals surface area contributed by atoms with Crippen LogP contribution in [0.5, 0.6) is 0 Å². The highest BCUT2D eigenvalue weighted by molar-refractivity contribution is 6.01. The molecule has 12 nitrogen and oxygen atoms in total. The van der Waals surface area contributed by atoms with E-state index >= 15 is 0 Å². The number of aryl methyl sites for hydroxylation is 2. The maximum Gasteiger partial charge on any atom is 0.412 e. The normalized spacial score (nSPS) is 28.4. The van der Waals surface area contributed by atoms with Crippen LogP contribution in [0.15, 0.2) is 36.4 Å². The topological polar surface area (TPSA) is 183 Å². The average molecular weight is 883 g/mol. The van der Waals surface area contributed by atoms with Crippen LogP contribution in [-0.4, -0.2) is 52.8 Å². The summed E-state index contributed by atoms with van der Waals surface area (Å²) in [4.78, 5) is 80.8. The predicted molar refractivity (Wildman–Crippen MR) is 249 cm³/mol. The zero-order valence-corrected chi connectivity index (χ0v) is 40.3. The minimum atomic E-state index is -0.878. The van der Waals surface area contributed by atoms with Crippen molar-refractivity contribution in [3.05, 3.63) is 58.7 Å². The zero-order valence-electron chi connectivity index (χ0n) is 40.3. The first-order valence-electron chi connectivity index (χ1n) is 23.6. The molecule has 2 aromatic carbocycles. The molecule has 8 atom stereocenters. The number of ether oxygens (including phenoxy) is 2. The molecule has 2 fully saturated rings. The Morgan fingerprint density at radius 2 is 1.17 bits per heavy atom. The van der Waals surface area contributed by atoms with Crippen LogP contribution in [0.2, 0.25) is 0 Å². The molecule has 4 amide bonds. The fourth-order valence-electron chi connectivity index (χ4n) is 12.1. The Balaban J connectivity index is 1.13. The Morgan fingerprint density at radius 1 is 0.703 bits per heavy atom. The summed E-state index contributed by atoms with van der Waals surface area (Å²) >= 11 is 0. The van der Waals surface area contributed by atoms with Crippen LogP contribution < -0.4 is 21.7 Å². The van der Waals surface area contributed by atoms with Gasteiger partial charge in [0.15, 0.2) is 0 Å². The van der Waals surface area contributed by atoms with E-state index in [1.54, 1.807) is 27.7 Å². The van der Waals surface area contributed by atoms with Crippen molar-refractivity contribution in [1.82, 2.24) is 5.32 Å². The molecule has 350 valence electrons. The summed E-state index contributed by atoms with van der Waals surface area (Å²) in [5, 5.41) is 8.98. The van der Waals surface area contributed by atoms with Gasteiger partial charge in [-0.05, 0) is 169 Å². The summed E-state index contributed by atoms with van der Waals surface area (Å²) in [5.41, 5.74) is 8.54. The number of benzene rings is 2. The number of nitrogens with one attached hydrogen (secondary N) is 3. The Kier molecular flexibility index (Phi) is 13.8. The van der Waals surface area contributed by atoms with Crippen LogP contribution in [0.25, 0.3) is 0 Å². The van der Waals surface area contributed by atoms with E-state index in [0.717, 1.165) is 62.5 Å². The molecule has 2 aromatic rings. The van der Waals surface area contributed by atoms with Crippen molar-refractivity contribution in [3.63, 3.8) is 0 Å². The maximum atomic E-state index is 14.8. The Bertz CT molecular complexity index is 2170.